The molecule has 5 nitrogen and oxygen atoms in total. The predicted molar refractivity (Wildman–Crippen MR) is 37.5 cm³/mol. The van der Waals surface area contributed by atoms with Crippen LogP contribution in [0.25, 0.3) is 0 Å². The van der Waals surface area contributed by atoms with Crippen LogP contribution in [0.3, 0.4) is 0 Å². The van der Waals surface area contributed by atoms with Crippen molar-refractivity contribution in [3.63, 3.8) is 0 Å². The van der Waals surface area contributed by atoms with Gasteiger partial charge in [0.25, 0.3) is 5.91 Å². The molecule has 0 atom stereocenters. The molecule has 2 N–H and O–H groups in total. The van der Waals surface area contributed by atoms with Crippen LogP contribution in [0.1, 0.15) is 10.6 Å². The molecule has 1 radical (unpaired) electrons. The molecule has 0 saturated carbocycles. The highest BCUT2D eigenvalue weighted by Crippen LogP contribution is 1.97. The largest absolute Gasteiger partial charge is 0.480 e. The number of amides is 1. The second-order valence-corrected chi connectivity index (χ2v) is 1.99. The Labute approximate surface area is 68.0 Å². The Bertz CT molecular complexity index is 278. The van der Waals surface area contributed by atoms with Crippen molar-refractivity contribution in [2.75, 3.05) is 6.54 Å². The molecule has 1 aromatic rings. The van der Waals surface area contributed by atoms with Crippen LogP contribution in [0.15, 0.2) is 16.5 Å². The van der Waals surface area contributed by atoms with Gasteiger partial charge >= 0.3 is 5.97 Å². The van der Waals surface area contributed by atoms with Gasteiger partial charge in [0.05, 0.1) is 0 Å². The van der Waals surface area contributed by atoms with Crippen LogP contribution in [0.2, 0.25) is 0 Å². The minimum atomic E-state index is -1.10. The molecule has 0 aliphatic heterocycles. The lowest BCUT2D eigenvalue weighted by Crippen LogP contribution is -2.28. The number of hydrogen-bond donors (Lipinski definition) is 2. The van der Waals surface area contributed by atoms with Crippen molar-refractivity contribution in [2.24, 2.45) is 0 Å². The second kappa shape index (κ2) is 3.56. The minimum Gasteiger partial charge on any atom is -0.480 e. The zero-order valence-corrected chi connectivity index (χ0v) is 6.03. The van der Waals surface area contributed by atoms with Crippen molar-refractivity contribution in [2.45, 2.75) is 0 Å². The number of aliphatic carboxylic acids is 1. The van der Waals surface area contributed by atoms with E-state index in [-0.39, 0.29) is 5.76 Å². The van der Waals surface area contributed by atoms with Crippen LogP contribution in [-0.4, -0.2) is 23.5 Å². The molecule has 0 unspecified atom stereocenters. The Kier molecular flexibility index (Phi) is 2.47. The van der Waals surface area contributed by atoms with Gasteiger partial charge in [-0.25, -0.2) is 0 Å². The molecule has 1 amide bonds. The van der Waals surface area contributed by atoms with Crippen molar-refractivity contribution >= 4 is 11.9 Å². The van der Waals surface area contributed by atoms with Crippen LogP contribution in [0.5, 0.6) is 0 Å². The van der Waals surface area contributed by atoms with Gasteiger partial charge < -0.3 is 14.8 Å². The lowest BCUT2D eigenvalue weighted by Gasteiger charge is -1.96. The summed E-state index contributed by atoms with van der Waals surface area (Å²) in [7, 11) is 0. The van der Waals surface area contributed by atoms with Gasteiger partial charge in [-0.3, -0.25) is 9.59 Å². The molecule has 63 valence electrons. The topological polar surface area (TPSA) is 79.5 Å². The molecule has 5 heteroatoms. The maximum atomic E-state index is 10.9. The Hall–Kier alpha value is -1.78. The van der Waals surface area contributed by atoms with Crippen LogP contribution in [0.4, 0.5) is 0 Å². The van der Waals surface area contributed by atoms with Crippen molar-refractivity contribution in [1.82, 2.24) is 5.32 Å². The molecule has 0 aromatic carbocycles. The summed E-state index contributed by atoms with van der Waals surface area (Å²) in [5.74, 6) is -1.60. The van der Waals surface area contributed by atoms with Gasteiger partial charge in [0.1, 0.15) is 6.54 Å². The van der Waals surface area contributed by atoms with Crippen LogP contribution in [0, 0.1) is 6.26 Å². The molecule has 0 fully saturated rings. The van der Waals surface area contributed by atoms with E-state index in [0.717, 1.165) is 0 Å². The molecule has 0 saturated heterocycles. The van der Waals surface area contributed by atoms with Gasteiger partial charge in [-0.05, 0) is 12.1 Å². The van der Waals surface area contributed by atoms with Gasteiger partial charge in [0, 0.05) is 0 Å². The van der Waals surface area contributed by atoms with Gasteiger partial charge in [-0.1, -0.05) is 0 Å². The summed E-state index contributed by atoms with van der Waals surface area (Å²) < 4.78 is 4.60. The van der Waals surface area contributed by atoms with Gasteiger partial charge in [0.2, 0.25) is 0 Å². The lowest BCUT2D eigenvalue weighted by atomic mass is 10.4. The molecule has 1 aromatic heterocycles. The van der Waals surface area contributed by atoms with E-state index >= 15 is 0 Å². The van der Waals surface area contributed by atoms with Crippen molar-refractivity contribution in [3.8, 4) is 0 Å². The first kappa shape index (κ1) is 8.32. The Balaban J connectivity index is 2.45. The smallest absolute Gasteiger partial charge is 0.322 e. The zero-order valence-electron chi connectivity index (χ0n) is 6.03. The Morgan fingerprint density at radius 2 is 2.42 bits per heavy atom. The van der Waals surface area contributed by atoms with Crippen molar-refractivity contribution in [1.29, 1.82) is 0 Å². The normalized spacial score (nSPS) is 9.33. The minimum absolute atomic E-state index is 0.0521. The Morgan fingerprint density at radius 1 is 1.67 bits per heavy atom. The number of rotatable bonds is 3. The number of carboxylic acids is 1. The van der Waals surface area contributed by atoms with Gasteiger partial charge in [0.15, 0.2) is 12.0 Å². The first-order valence-corrected chi connectivity index (χ1v) is 3.16. The third kappa shape index (κ3) is 2.12. The van der Waals surface area contributed by atoms with Crippen LogP contribution >= 0.6 is 0 Å². The molecule has 1 rings (SSSR count). The summed E-state index contributed by atoms with van der Waals surface area (Å²) in [5, 5.41) is 10.3. The van der Waals surface area contributed by atoms with E-state index in [1.54, 1.807) is 0 Å². The van der Waals surface area contributed by atoms with E-state index in [1.807, 2.05) is 0 Å². The number of nitrogens with one attached hydrogen (secondary N) is 1. The number of hydrogen-bond acceptors (Lipinski definition) is 3. The summed E-state index contributed by atoms with van der Waals surface area (Å²) in [4.78, 5) is 20.9. The quantitative estimate of drug-likeness (QED) is 0.660. The first-order chi connectivity index (χ1) is 5.70. The SMILES string of the molecule is O=C(O)CNC(=O)c1cc[c]o1. The zero-order chi connectivity index (χ0) is 8.97. The number of carbonyl (C=O) groups is 2. The lowest BCUT2D eigenvalue weighted by molar-refractivity contribution is -0.135. The van der Waals surface area contributed by atoms with E-state index in [2.05, 4.69) is 16.0 Å². The maximum Gasteiger partial charge on any atom is 0.322 e. The summed E-state index contributed by atoms with van der Waals surface area (Å²) in [6, 6.07) is 2.83. The number of carbonyl (C=O) groups excluding carboxylic acids is 1. The van der Waals surface area contributed by atoms with E-state index < -0.39 is 18.4 Å². The fraction of sp³-hybridized carbons (Fsp3) is 0.143. The second-order valence-electron chi connectivity index (χ2n) is 1.99. The fourth-order valence-corrected chi connectivity index (χ4v) is 0.606. The molecule has 0 aliphatic rings. The average Bonchev–Trinajstić information content (AvgIpc) is 2.51. The molecule has 0 aliphatic carbocycles. The molecular weight excluding hydrogens is 162 g/mol. The highest BCUT2D eigenvalue weighted by molar-refractivity contribution is 5.93. The third-order valence-corrected chi connectivity index (χ3v) is 1.10. The Morgan fingerprint density at radius 3 is 2.92 bits per heavy atom. The maximum absolute atomic E-state index is 10.9. The average molecular weight is 168 g/mol. The number of carboxylic acid groups (broad SMARTS) is 1. The standard InChI is InChI=1S/C7H6NO4/c9-6(10)4-8-7(11)5-2-1-3-12-5/h1-2H,4H2,(H,8,11)(H,9,10). The van der Waals surface area contributed by atoms with E-state index in [4.69, 9.17) is 5.11 Å². The van der Waals surface area contributed by atoms with Gasteiger partial charge in [-0.15, -0.1) is 0 Å². The molecule has 1 heterocycles. The molecule has 12 heavy (non-hydrogen) atoms. The number of furan rings is 1. The van der Waals surface area contributed by atoms with E-state index in [0.29, 0.717) is 0 Å². The summed E-state index contributed by atoms with van der Waals surface area (Å²) in [5.41, 5.74) is 0. The molecular formula is C7H6NO4. The third-order valence-electron chi connectivity index (χ3n) is 1.10. The van der Waals surface area contributed by atoms with Crippen LogP contribution in [-0.2, 0) is 4.79 Å². The molecule has 0 spiro atoms. The molecule has 0 bridgehead atoms. The monoisotopic (exact) mass is 168 g/mol. The highest BCUT2D eigenvalue weighted by atomic mass is 16.4. The first-order valence-electron chi connectivity index (χ1n) is 3.16. The summed E-state index contributed by atoms with van der Waals surface area (Å²) in [6.45, 7) is -0.417. The fourth-order valence-electron chi connectivity index (χ4n) is 0.606. The van der Waals surface area contributed by atoms with Gasteiger partial charge in [-0.2, -0.15) is 0 Å². The summed E-state index contributed by atoms with van der Waals surface area (Å²) >= 11 is 0. The summed E-state index contributed by atoms with van der Waals surface area (Å²) in [6.07, 6.45) is 2.32. The van der Waals surface area contributed by atoms with Crippen LogP contribution < -0.4 is 5.32 Å². The predicted octanol–water partition coefficient (Wildman–Crippen LogP) is -0.106. The van der Waals surface area contributed by atoms with Crippen molar-refractivity contribution in [3.05, 3.63) is 24.2 Å². The van der Waals surface area contributed by atoms with Crippen molar-refractivity contribution < 1.29 is 19.1 Å². The van der Waals surface area contributed by atoms with E-state index in [9.17, 15) is 9.59 Å². The van der Waals surface area contributed by atoms with E-state index in [1.165, 1.54) is 12.1 Å². The highest BCUT2D eigenvalue weighted by Gasteiger charge is 2.08.